The predicted octanol–water partition coefficient (Wildman–Crippen LogP) is 6.27. The molecule has 0 aliphatic carbocycles. The van der Waals surface area contributed by atoms with Gasteiger partial charge >= 0.3 is 11.9 Å². The summed E-state index contributed by atoms with van der Waals surface area (Å²) in [5.41, 5.74) is 0. The summed E-state index contributed by atoms with van der Waals surface area (Å²) in [5.74, 6) is -0.803. The topological polar surface area (TPSA) is 152 Å². The van der Waals surface area contributed by atoms with Crippen molar-refractivity contribution < 1.29 is 49.0 Å². The molecule has 0 bridgehead atoms. The third kappa shape index (κ3) is 20.8. The molecule has 46 heavy (non-hydrogen) atoms. The van der Waals surface area contributed by atoms with Gasteiger partial charge in [-0.3, -0.25) is 9.59 Å². The number of hydrogen-bond acceptors (Lipinski definition) is 10. The lowest BCUT2D eigenvalue weighted by atomic mass is 9.99. The zero-order valence-corrected chi connectivity index (χ0v) is 29.1. The molecular formula is C36H68O10. The first-order valence-corrected chi connectivity index (χ1v) is 18.6. The highest BCUT2D eigenvalue weighted by molar-refractivity contribution is 5.70. The minimum atomic E-state index is -1.59. The third-order valence-corrected chi connectivity index (χ3v) is 8.74. The molecule has 10 nitrogen and oxygen atoms in total. The molecule has 1 heterocycles. The van der Waals surface area contributed by atoms with Gasteiger partial charge in [0.25, 0.3) is 0 Å². The Labute approximate surface area is 278 Å². The normalized spacial score (nSPS) is 22.1. The van der Waals surface area contributed by atoms with E-state index in [1.165, 1.54) is 89.9 Å². The Morgan fingerprint density at radius 2 is 1.02 bits per heavy atom. The van der Waals surface area contributed by atoms with Crippen LogP contribution in [0.4, 0.5) is 0 Å². The van der Waals surface area contributed by atoms with Crippen molar-refractivity contribution in [2.24, 2.45) is 0 Å². The van der Waals surface area contributed by atoms with Crippen molar-refractivity contribution >= 4 is 11.9 Å². The van der Waals surface area contributed by atoms with Crippen LogP contribution < -0.4 is 0 Å². The summed E-state index contributed by atoms with van der Waals surface area (Å²) in [6, 6.07) is 0. The van der Waals surface area contributed by atoms with Crippen molar-refractivity contribution in [2.45, 2.75) is 198 Å². The molecule has 0 aromatic carbocycles. The van der Waals surface area contributed by atoms with E-state index < -0.39 is 49.4 Å². The van der Waals surface area contributed by atoms with E-state index in [1.54, 1.807) is 0 Å². The molecule has 2 unspecified atom stereocenters. The zero-order valence-electron chi connectivity index (χ0n) is 29.1. The maximum atomic E-state index is 12.6. The van der Waals surface area contributed by atoms with Gasteiger partial charge in [-0.25, -0.2) is 0 Å². The van der Waals surface area contributed by atoms with Crippen LogP contribution in [0, 0.1) is 0 Å². The van der Waals surface area contributed by atoms with E-state index in [0.717, 1.165) is 38.5 Å². The van der Waals surface area contributed by atoms with E-state index in [2.05, 4.69) is 13.8 Å². The van der Waals surface area contributed by atoms with Gasteiger partial charge in [0.15, 0.2) is 12.4 Å². The SMILES string of the molecule is CCCCCCCCCCCCCC(=O)OC[C@H](CO[C@@H]1O[C@H](CO)[C@H](O)C(O)C1O)OC(=O)CCCCCCCCCCCC. The Balaban J connectivity index is 2.41. The van der Waals surface area contributed by atoms with Crippen molar-refractivity contribution in [3.8, 4) is 0 Å². The number of esters is 2. The first kappa shape index (κ1) is 42.7. The Kier molecular flexibility index (Phi) is 26.6. The van der Waals surface area contributed by atoms with E-state index in [4.69, 9.17) is 18.9 Å². The highest BCUT2D eigenvalue weighted by Gasteiger charge is 2.44. The van der Waals surface area contributed by atoms with Gasteiger partial charge in [0.1, 0.15) is 31.0 Å². The van der Waals surface area contributed by atoms with Crippen LogP contribution in [0.2, 0.25) is 0 Å². The summed E-state index contributed by atoms with van der Waals surface area (Å²) in [4.78, 5) is 25.0. The van der Waals surface area contributed by atoms with E-state index in [-0.39, 0.29) is 32.0 Å². The van der Waals surface area contributed by atoms with Crippen LogP contribution in [0.15, 0.2) is 0 Å². The van der Waals surface area contributed by atoms with Gasteiger partial charge in [-0.1, -0.05) is 136 Å². The van der Waals surface area contributed by atoms with Crippen molar-refractivity contribution in [3.05, 3.63) is 0 Å². The maximum Gasteiger partial charge on any atom is 0.306 e. The molecule has 0 spiro atoms. The number of ether oxygens (including phenoxy) is 4. The summed E-state index contributed by atoms with van der Waals surface area (Å²) in [6.45, 7) is 3.38. The smallest absolute Gasteiger partial charge is 0.306 e. The van der Waals surface area contributed by atoms with Gasteiger partial charge in [0, 0.05) is 12.8 Å². The molecule has 0 aromatic rings. The monoisotopic (exact) mass is 660 g/mol. The van der Waals surface area contributed by atoms with Crippen LogP contribution in [0.3, 0.4) is 0 Å². The molecule has 1 saturated heterocycles. The van der Waals surface area contributed by atoms with Crippen LogP contribution in [0.5, 0.6) is 0 Å². The molecule has 0 saturated carbocycles. The average molecular weight is 661 g/mol. The number of unbranched alkanes of at least 4 members (excludes halogenated alkanes) is 19. The second kappa shape index (κ2) is 28.7. The van der Waals surface area contributed by atoms with Crippen molar-refractivity contribution in [3.63, 3.8) is 0 Å². The van der Waals surface area contributed by atoms with Gasteiger partial charge in [-0.05, 0) is 12.8 Å². The Morgan fingerprint density at radius 1 is 0.587 bits per heavy atom. The molecule has 6 atom stereocenters. The second-order valence-corrected chi connectivity index (χ2v) is 13.0. The maximum absolute atomic E-state index is 12.6. The lowest BCUT2D eigenvalue weighted by Crippen LogP contribution is -2.59. The minimum Gasteiger partial charge on any atom is -0.462 e. The van der Waals surface area contributed by atoms with Gasteiger partial charge in [-0.15, -0.1) is 0 Å². The number of aliphatic hydroxyl groups excluding tert-OH is 4. The average Bonchev–Trinajstić information content (AvgIpc) is 3.05. The molecule has 1 aliphatic rings. The second-order valence-electron chi connectivity index (χ2n) is 13.0. The van der Waals surface area contributed by atoms with Crippen LogP contribution >= 0.6 is 0 Å². The van der Waals surface area contributed by atoms with Crippen LogP contribution in [-0.2, 0) is 28.5 Å². The fourth-order valence-electron chi connectivity index (χ4n) is 5.72. The van der Waals surface area contributed by atoms with Gasteiger partial charge in [0.05, 0.1) is 13.2 Å². The van der Waals surface area contributed by atoms with Gasteiger partial charge in [-0.2, -0.15) is 0 Å². The van der Waals surface area contributed by atoms with E-state index >= 15 is 0 Å². The summed E-state index contributed by atoms with van der Waals surface area (Å²) >= 11 is 0. The Morgan fingerprint density at radius 3 is 1.48 bits per heavy atom. The van der Waals surface area contributed by atoms with Crippen molar-refractivity contribution in [1.29, 1.82) is 0 Å². The molecule has 1 fully saturated rings. The molecule has 0 radical (unpaired) electrons. The Bertz CT molecular complexity index is 734. The molecule has 4 N–H and O–H groups in total. The lowest BCUT2D eigenvalue weighted by molar-refractivity contribution is -0.305. The fourth-order valence-corrected chi connectivity index (χ4v) is 5.72. The molecule has 272 valence electrons. The minimum absolute atomic E-state index is 0.210. The summed E-state index contributed by atoms with van der Waals surface area (Å²) in [7, 11) is 0. The molecule has 0 aromatic heterocycles. The van der Waals surface area contributed by atoms with Crippen LogP contribution in [-0.4, -0.2) is 89.0 Å². The molecule has 0 amide bonds. The predicted molar refractivity (Wildman–Crippen MR) is 178 cm³/mol. The molecule has 1 aliphatic heterocycles. The van der Waals surface area contributed by atoms with E-state index in [0.29, 0.717) is 6.42 Å². The van der Waals surface area contributed by atoms with E-state index in [9.17, 15) is 30.0 Å². The number of carbonyl (C=O) groups excluding carboxylic acids is 2. The Hall–Kier alpha value is -1.30. The van der Waals surface area contributed by atoms with Crippen molar-refractivity contribution in [2.75, 3.05) is 19.8 Å². The summed E-state index contributed by atoms with van der Waals surface area (Å²) in [5, 5.41) is 39.8. The number of aliphatic hydroxyl groups is 4. The summed E-state index contributed by atoms with van der Waals surface area (Å²) in [6.07, 6.45) is 16.9. The highest BCUT2D eigenvalue weighted by atomic mass is 16.7. The van der Waals surface area contributed by atoms with Crippen LogP contribution in [0.1, 0.15) is 162 Å². The molecular weight excluding hydrogens is 592 g/mol. The number of rotatable bonds is 30. The fraction of sp³-hybridized carbons (Fsp3) is 0.944. The first-order valence-electron chi connectivity index (χ1n) is 18.6. The van der Waals surface area contributed by atoms with Crippen LogP contribution in [0.25, 0.3) is 0 Å². The summed E-state index contributed by atoms with van der Waals surface area (Å²) < 4.78 is 22.0. The van der Waals surface area contributed by atoms with E-state index in [1.807, 2.05) is 0 Å². The molecule has 1 rings (SSSR count). The molecule has 10 heteroatoms. The lowest BCUT2D eigenvalue weighted by Gasteiger charge is -2.39. The van der Waals surface area contributed by atoms with Crippen molar-refractivity contribution in [1.82, 2.24) is 0 Å². The van der Waals surface area contributed by atoms with Gasteiger partial charge in [0.2, 0.25) is 0 Å². The number of carbonyl (C=O) groups is 2. The quantitative estimate of drug-likeness (QED) is 0.0512. The largest absolute Gasteiger partial charge is 0.462 e. The van der Waals surface area contributed by atoms with Gasteiger partial charge < -0.3 is 39.4 Å². The number of hydrogen-bond donors (Lipinski definition) is 4. The zero-order chi connectivity index (χ0) is 33.8. The first-order chi connectivity index (χ1) is 22.3. The highest BCUT2D eigenvalue weighted by Crippen LogP contribution is 2.22. The third-order valence-electron chi connectivity index (χ3n) is 8.74. The standard InChI is InChI=1S/C36H68O10/c1-3-5-7-9-11-13-15-17-18-20-22-24-31(38)43-27-29(28-44-36-35(42)34(41)33(40)30(26-37)46-36)45-32(39)25-23-21-19-16-14-12-10-8-6-4-2/h29-30,33-37,40-42H,3-28H2,1-2H3/t29-,30-,33+,34?,35?,36-/m1/s1.